The third kappa shape index (κ3) is 4.18. The lowest BCUT2D eigenvalue weighted by molar-refractivity contribution is -0.136. The van der Waals surface area contributed by atoms with E-state index in [0.29, 0.717) is 0 Å². The van der Waals surface area contributed by atoms with Gasteiger partial charge in [0.1, 0.15) is 11.9 Å². The summed E-state index contributed by atoms with van der Waals surface area (Å²) < 4.78 is 36.3. The lowest BCUT2D eigenvalue weighted by Gasteiger charge is -2.17. The highest BCUT2D eigenvalue weighted by atomic mass is 19.4. The van der Waals surface area contributed by atoms with Gasteiger partial charge in [-0.3, -0.25) is 0 Å². The van der Waals surface area contributed by atoms with Gasteiger partial charge in [0, 0.05) is 12.2 Å². The van der Waals surface area contributed by atoms with Gasteiger partial charge in [-0.2, -0.15) is 18.4 Å². The van der Waals surface area contributed by atoms with Crippen LogP contribution in [0.2, 0.25) is 0 Å². The van der Waals surface area contributed by atoms with Gasteiger partial charge >= 0.3 is 6.18 Å². The summed E-state index contributed by atoms with van der Waals surface area (Å²) in [4.78, 5) is 3.79. The Morgan fingerprint density at radius 1 is 1.59 bits per heavy atom. The first-order valence-electron chi connectivity index (χ1n) is 4.80. The average Bonchev–Trinajstić information content (AvgIpc) is 2.18. The van der Waals surface area contributed by atoms with E-state index in [2.05, 4.69) is 10.3 Å². The Kier molecular flexibility index (Phi) is 3.78. The van der Waals surface area contributed by atoms with Gasteiger partial charge in [-0.15, -0.1) is 0 Å². The molecule has 0 aliphatic carbocycles. The minimum Gasteiger partial charge on any atom is -0.396 e. The Hall–Kier alpha value is -1.97. The lowest BCUT2D eigenvalue weighted by atomic mass is 10.2. The van der Waals surface area contributed by atoms with Crippen molar-refractivity contribution in [3.8, 4) is 6.07 Å². The zero-order valence-corrected chi connectivity index (χ0v) is 9.04. The lowest BCUT2D eigenvalue weighted by Crippen LogP contribution is -2.24. The largest absolute Gasteiger partial charge is 0.396 e. The number of pyridine rings is 1. The fourth-order valence-corrected chi connectivity index (χ4v) is 1.30. The molecular weight excluding hydrogens is 233 g/mol. The molecule has 0 aromatic carbocycles. The van der Waals surface area contributed by atoms with E-state index in [4.69, 9.17) is 11.0 Å². The SMILES string of the molecule is CC(CC(F)(F)F)Nc1ncc(C#N)cc1N. The number of nitrogens with two attached hydrogens (primary N) is 1. The predicted octanol–water partition coefficient (Wildman–Crippen LogP) is 2.29. The first-order chi connectivity index (χ1) is 7.81. The number of hydrogen-bond donors (Lipinski definition) is 2. The second kappa shape index (κ2) is 4.91. The summed E-state index contributed by atoms with van der Waals surface area (Å²) in [5.41, 5.74) is 5.96. The number of nitriles is 1. The van der Waals surface area contributed by atoms with Crippen molar-refractivity contribution < 1.29 is 13.2 Å². The van der Waals surface area contributed by atoms with Gasteiger partial charge in [0.2, 0.25) is 0 Å². The summed E-state index contributed by atoms with van der Waals surface area (Å²) in [6.07, 6.45) is -3.97. The van der Waals surface area contributed by atoms with Crippen LogP contribution in [0.4, 0.5) is 24.7 Å². The van der Waals surface area contributed by atoms with Crippen molar-refractivity contribution in [3.05, 3.63) is 17.8 Å². The maximum atomic E-state index is 12.1. The molecule has 0 saturated carbocycles. The number of alkyl halides is 3. The first-order valence-corrected chi connectivity index (χ1v) is 4.80. The molecule has 17 heavy (non-hydrogen) atoms. The molecule has 1 unspecified atom stereocenters. The topological polar surface area (TPSA) is 74.7 Å². The Morgan fingerprint density at radius 2 is 2.24 bits per heavy atom. The Morgan fingerprint density at radius 3 is 2.71 bits per heavy atom. The highest BCUT2D eigenvalue weighted by Gasteiger charge is 2.30. The minimum absolute atomic E-state index is 0.151. The van der Waals surface area contributed by atoms with Crippen LogP contribution >= 0.6 is 0 Å². The second-order valence-corrected chi connectivity index (χ2v) is 3.64. The smallest absolute Gasteiger partial charge is 0.391 e. The molecule has 0 bridgehead atoms. The molecule has 1 heterocycles. The van der Waals surface area contributed by atoms with Crippen LogP contribution in [0.3, 0.4) is 0 Å². The van der Waals surface area contributed by atoms with Crippen LogP contribution in [0.5, 0.6) is 0 Å². The van der Waals surface area contributed by atoms with E-state index in [1.807, 2.05) is 6.07 Å². The summed E-state index contributed by atoms with van der Waals surface area (Å²) in [5, 5.41) is 11.1. The number of anilines is 2. The van der Waals surface area contributed by atoms with E-state index < -0.39 is 18.6 Å². The van der Waals surface area contributed by atoms with Crippen molar-refractivity contribution in [2.45, 2.75) is 25.6 Å². The molecule has 0 spiro atoms. The molecule has 4 nitrogen and oxygen atoms in total. The summed E-state index contributed by atoms with van der Waals surface area (Å²) in [7, 11) is 0. The number of hydrogen-bond acceptors (Lipinski definition) is 4. The molecule has 1 rings (SSSR count). The molecule has 0 fully saturated rings. The molecule has 0 aliphatic rings. The first kappa shape index (κ1) is 13.1. The fraction of sp³-hybridized carbons (Fsp3) is 0.400. The van der Waals surface area contributed by atoms with Crippen molar-refractivity contribution >= 4 is 11.5 Å². The summed E-state index contributed by atoms with van der Waals surface area (Å²) in [6, 6.07) is 2.36. The molecule has 3 N–H and O–H groups in total. The van der Waals surface area contributed by atoms with E-state index in [-0.39, 0.29) is 17.1 Å². The third-order valence-electron chi connectivity index (χ3n) is 1.97. The molecule has 0 amide bonds. The number of nitrogens with one attached hydrogen (secondary N) is 1. The third-order valence-corrected chi connectivity index (χ3v) is 1.97. The number of aromatic nitrogens is 1. The van der Waals surface area contributed by atoms with Crippen molar-refractivity contribution in [2.75, 3.05) is 11.1 Å². The van der Waals surface area contributed by atoms with Gasteiger partial charge < -0.3 is 11.1 Å². The molecular formula is C10H11F3N4. The highest BCUT2D eigenvalue weighted by molar-refractivity contribution is 5.63. The quantitative estimate of drug-likeness (QED) is 0.855. The zero-order valence-electron chi connectivity index (χ0n) is 9.04. The van der Waals surface area contributed by atoms with Crippen molar-refractivity contribution in [1.29, 1.82) is 5.26 Å². The normalized spacial score (nSPS) is 12.9. The second-order valence-electron chi connectivity index (χ2n) is 3.64. The van der Waals surface area contributed by atoms with Gasteiger partial charge in [-0.25, -0.2) is 4.98 Å². The summed E-state index contributed by atoms with van der Waals surface area (Å²) in [5.74, 6) is 0.153. The molecule has 0 aliphatic heterocycles. The fourth-order valence-electron chi connectivity index (χ4n) is 1.30. The molecule has 0 saturated heterocycles. The molecule has 1 aromatic heterocycles. The number of nitrogens with zero attached hydrogens (tertiary/aromatic N) is 2. The Labute approximate surface area is 96.3 Å². The van der Waals surface area contributed by atoms with Crippen molar-refractivity contribution in [3.63, 3.8) is 0 Å². The van der Waals surface area contributed by atoms with Crippen LogP contribution in [0.25, 0.3) is 0 Å². The highest BCUT2D eigenvalue weighted by Crippen LogP contribution is 2.24. The Balaban J connectivity index is 2.73. The van der Waals surface area contributed by atoms with Crippen LogP contribution in [0, 0.1) is 11.3 Å². The number of nitrogen functional groups attached to an aromatic ring is 1. The zero-order chi connectivity index (χ0) is 13.1. The summed E-state index contributed by atoms with van der Waals surface area (Å²) in [6.45, 7) is 1.38. The van der Waals surface area contributed by atoms with E-state index in [1.165, 1.54) is 19.2 Å². The van der Waals surface area contributed by atoms with Gasteiger partial charge in [-0.05, 0) is 13.0 Å². The maximum Gasteiger partial charge on any atom is 0.391 e. The van der Waals surface area contributed by atoms with E-state index in [9.17, 15) is 13.2 Å². The minimum atomic E-state index is -4.24. The monoisotopic (exact) mass is 244 g/mol. The van der Waals surface area contributed by atoms with Crippen LogP contribution < -0.4 is 11.1 Å². The van der Waals surface area contributed by atoms with Gasteiger partial charge in [-0.1, -0.05) is 0 Å². The van der Waals surface area contributed by atoms with Crippen LogP contribution in [0.1, 0.15) is 18.9 Å². The molecule has 92 valence electrons. The van der Waals surface area contributed by atoms with Crippen molar-refractivity contribution in [1.82, 2.24) is 4.98 Å². The van der Waals surface area contributed by atoms with Crippen LogP contribution in [0.15, 0.2) is 12.3 Å². The standard InChI is InChI=1S/C10H11F3N4/c1-6(3-10(11,12)13)17-9-8(15)2-7(4-14)5-16-9/h2,5-6H,3,15H2,1H3,(H,16,17). The molecule has 1 aromatic rings. The number of rotatable bonds is 3. The average molecular weight is 244 g/mol. The van der Waals surface area contributed by atoms with Crippen LogP contribution in [-0.4, -0.2) is 17.2 Å². The van der Waals surface area contributed by atoms with Crippen molar-refractivity contribution in [2.24, 2.45) is 0 Å². The number of halogens is 3. The summed E-state index contributed by atoms with van der Waals surface area (Å²) >= 11 is 0. The van der Waals surface area contributed by atoms with E-state index >= 15 is 0 Å². The van der Waals surface area contributed by atoms with E-state index in [1.54, 1.807) is 0 Å². The predicted molar refractivity (Wildman–Crippen MR) is 57.1 cm³/mol. The van der Waals surface area contributed by atoms with Gasteiger partial charge in [0.25, 0.3) is 0 Å². The maximum absolute atomic E-state index is 12.1. The Bertz CT molecular complexity index is 436. The molecule has 7 heteroatoms. The van der Waals surface area contributed by atoms with E-state index in [0.717, 1.165) is 0 Å². The molecule has 1 atom stereocenters. The van der Waals surface area contributed by atoms with Gasteiger partial charge in [0.05, 0.1) is 17.7 Å². The van der Waals surface area contributed by atoms with Crippen LogP contribution in [-0.2, 0) is 0 Å². The van der Waals surface area contributed by atoms with Gasteiger partial charge in [0.15, 0.2) is 0 Å². The molecule has 0 radical (unpaired) electrons.